The third-order valence-corrected chi connectivity index (χ3v) is 7.58. The van der Waals surface area contributed by atoms with E-state index in [1.54, 1.807) is 0 Å². The first-order valence-electron chi connectivity index (χ1n) is 11.0. The van der Waals surface area contributed by atoms with Gasteiger partial charge in [0.1, 0.15) is 6.10 Å². The molecular weight excluding hydrogens is 368 g/mol. The number of aryl methyl sites for hydroxylation is 1. The van der Waals surface area contributed by atoms with Crippen molar-refractivity contribution < 1.29 is 4.74 Å². The van der Waals surface area contributed by atoms with Crippen LogP contribution in [0.15, 0.2) is 18.3 Å². The van der Waals surface area contributed by atoms with Gasteiger partial charge in [0, 0.05) is 51.5 Å². The SMILES string of the molecule is CSN1CCN(CC2CCN(CC3CC(Oc4cc(C)ccn4)C3)CC2)CC1. The highest BCUT2D eigenvalue weighted by atomic mass is 32.2. The van der Waals surface area contributed by atoms with Gasteiger partial charge < -0.3 is 14.5 Å². The predicted octanol–water partition coefficient (Wildman–Crippen LogP) is 3.16. The van der Waals surface area contributed by atoms with E-state index in [0.717, 1.165) is 17.7 Å². The Morgan fingerprint density at radius 2 is 1.68 bits per heavy atom. The van der Waals surface area contributed by atoms with Crippen LogP contribution in [0.3, 0.4) is 0 Å². The number of likely N-dealkylation sites (tertiary alicyclic amines) is 1. The molecule has 0 unspecified atom stereocenters. The number of nitrogens with zero attached hydrogens (tertiary/aromatic N) is 4. The summed E-state index contributed by atoms with van der Waals surface area (Å²) in [5.41, 5.74) is 1.22. The lowest BCUT2D eigenvalue weighted by Gasteiger charge is -2.41. The monoisotopic (exact) mass is 404 g/mol. The molecule has 6 heteroatoms. The van der Waals surface area contributed by atoms with Crippen molar-refractivity contribution in [2.75, 3.05) is 58.6 Å². The molecule has 0 amide bonds. The van der Waals surface area contributed by atoms with Gasteiger partial charge in [-0.15, -0.1) is 0 Å². The topological polar surface area (TPSA) is 31.8 Å². The summed E-state index contributed by atoms with van der Waals surface area (Å²) >= 11 is 1.90. The minimum absolute atomic E-state index is 0.372. The van der Waals surface area contributed by atoms with Crippen molar-refractivity contribution in [1.82, 2.24) is 19.1 Å². The summed E-state index contributed by atoms with van der Waals surface area (Å²) in [5.74, 6) is 2.51. The summed E-state index contributed by atoms with van der Waals surface area (Å²) < 4.78 is 8.52. The first-order chi connectivity index (χ1) is 13.7. The lowest BCUT2D eigenvalue weighted by atomic mass is 9.81. The number of rotatable bonds is 7. The average molecular weight is 405 g/mol. The van der Waals surface area contributed by atoms with Gasteiger partial charge in [0.25, 0.3) is 0 Å². The highest BCUT2D eigenvalue weighted by Gasteiger charge is 2.33. The van der Waals surface area contributed by atoms with E-state index < -0.39 is 0 Å². The maximum atomic E-state index is 6.03. The van der Waals surface area contributed by atoms with Crippen LogP contribution in [0.1, 0.15) is 31.2 Å². The largest absolute Gasteiger partial charge is 0.474 e. The van der Waals surface area contributed by atoms with E-state index in [9.17, 15) is 0 Å². The minimum atomic E-state index is 0.372. The second-order valence-corrected chi connectivity index (χ2v) is 9.79. The van der Waals surface area contributed by atoms with Gasteiger partial charge in [-0.05, 0) is 75.4 Å². The summed E-state index contributed by atoms with van der Waals surface area (Å²) in [6.45, 7) is 12.2. The molecule has 1 aliphatic carbocycles. The number of piperazine rings is 1. The molecule has 28 heavy (non-hydrogen) atoms. The average Bonchev–Trinajstić information content (AvgIpc) is 2.68. The van der Waals surface area contributed by atoms with Crippen LogP contribution >= 0.6 is 11.9 Å². The normalized spacial score (nSPS) is 28.2. The van der Waals surface area contributed by atoms with Crippen LogP contribution < -0.4 is 4.74 Å². The van der Waals surface area contributed by atoms with Gasteiger partial charge in [0.2, 0.25) is 5.88 Å². The summed E-state index contributed by atoms with van der Waals surface area (Å²) in [4.78, 5) is 9.72. The van der Waals surface area contributed by atoms with Crippen molar-refractivity contribution in [1.29, 1.82) is 0 Å². The molecule has 0 aromatic carbocycles. The molecule has 3 aliphatic rings. The van der Waals surface area contributed by atoms with Crippen LogP contribution in [-0.4, -0.2) is 83.8 Å². The van der Waals surface area contributed by atoms with E-state index in [1.807, 2.05) is 30.3 Å². The van der Waals surface area contributed by atoms with E-state index in [0.29, 0.717) is 6.10 Å². The lowest BCUT2D eigenvalue weighted by molar-refractivity contribution is 0.0300. The molecule has 3 fully saturated rings. The zero-order valence-electron chi connectivity index (χ0n) is 17.6. The van der Waals surface area contributed by atoms with Gasteiger partial charge in [-0.2, -0.15) is 0 Å². The van der Waals surface area contributed by atoms with E-state index in [2.05, 4.69) is 32.3 Å². The van der Waals surface area contributed by atoms with Crippen LogP contribution in [0.2, 0.25) is 0 Å². The Bertz CT molecular complexity index is 608. The quantitative estimate of drug-likeness (QED) is 0.649. The molecule has 5 nitrogen and oxygen atoms in total. The molecule has 4 rings (SSSR count). The van der Waals surface area contributed by atoms with Crippen LogP contribution in [0.25, 0.3) is 0 Å². The molecule has 1 aromatic heterocycles. The summed E-state index contributed by atoms with van der Waals surface area (Å²) in [6.07, 6.45) is 9.54. The maximum absolute atomic E-state index is 6.03. The molecule has 0 spiro atoms. The van der Waals surface area contributed by atoms with Crippen molar-refractivity contribution in [3.05, 3.63) is 23.9 Å². The fourth-order valence-corrected chi connectivity index (χ4v) is 5.37. The van der Waals surface area contributed by atoms with Crippen molar-refractivity contribution in [2.45, 2.75) is 38.7 Å². The number of hydrogen-bond acceptors (Lipinski definition) is 6. The third kappa shape index (κ3) is 5.62. The number of piperidine rings is 1. The molecule has 2 aliphatic heterocycles. The Kier molecular flexibility index (Phi) is 7.15. The molecule has 1 aromatic rings. The Balaban J connectivity index is 1.10. The van der Waals surface area contributed by atoms with Gasteiger partial charge in [-0.3, -0.25) is 0 Å². The second kappa shape index (κ2) is 9.79. The van der Waals surface area contributed by atoms with Crippen molar-refractivity contribution in [3.8, 4) is 5.88 Å². The van der Waals surface area contributed by atoms with Crippen molar-refractivity contribution >= 4 is 11.9 Å². The molecule has 1 saturated carbocycles. The van der Waals surface area contributed by atoms with Gasteiger partial charge in [-0.25, -0.2) is 9.29 Å². The van der Waals surface area contributed by atoms with Crippen molar-refractivity contribution in [3.63, 3.8) is 0 Å². The molecule has 0 bridgehead atoms. The smallest absolute Gasteiger partial charge is 0.213 e. The molecule has 156 valence electrons. The molecule has 3 heterocycles. The Morgan fingerprint density at radius 3 is 2.36 bits per heavy atom. The summed E-state index contributed by atoms with van der Waals surface area (Å²) in [5, 5.41) is 0. The van der Waals surface area contributed by atoms with Gasteiger partial charge in [0.15, 0.2) is 0 Å². The minimum Gasteiger partial charge on any atom is -0.474 e. The van der Waals surface area contributed by atoms with Gasteiger partial charge in [-0.1, -0.05) is 11.9 Å². The summed E-state index contributed by atoms with van der Waals surface area (Å²) in [7, 11) is 0. The number of ether oxygens (including phenoxy) is 1. The number of hydrogen-bond donors (Lipinski definition) is 0. The fourth-order valence-electron chi connectivity index (χ4n) is 4.84. The highest BCUT2D eigenvalue weighted by Crippen LogP contribution is 2.32. The van der Waals surface area contributed by atoms with E-state index in [4.69, 9.17) is 4.74 Å². The van der Waals surface area contributed by atoms with Gasteiger partial charge in [0.05, 0.1) is 0 Å². The lowest BCUT2D eigenvalue weighted by Crippen LogP contribution is -2.48. The van der Waals surface area contributed by atoms with Gasteiger partial charge >= 0.3 is 0 Å². The number of aromatic nitrogens is 1. The molecule has 0 radical (unpaired) electrons. The molecule has 2 saturated heterocycles. The van der Waals surface area contributed by atoms with Crippen LogP contribution in [0.4, 0.5) is 0 Å². The zero-order valence-corrected chi connectivity index (χ0v) is 18.4. The number of pyridine rings is 1. The van der Waals surface area contributed by atoms with Crippen molar-refractivity contribution in [2.24, 2.45) is 11.8 Å². The van der Waals surface area contributed by atoms with E-state index in [-0.39, 0.29) is 0 Å². The van der Waals surface area contributed by atoms with Crippen LogP contribution in [0.5, 0.6) is 5.88 Å². The van der Waals surface area contributed by atoms with Crippen LogP contribution in [-0.2, 0) is 0 Å². The zero-order chi connectivity index (χ0) is 19.3. The fraction of sp³-hybridized carbons (Fsp3) is 0.773. The third-order valence-electron chi connectivity index (χ3n) is 6.70. The highest BCUT2D eigenvalue weighted by molar-refractivity contribution is 7.96. The molecule has 0 atom stereocenters. The maximum Gasteiger partial charge on any atom is 0.213 e. The van der Waals surface area contributed by atoms with E-state index >= 15 is 0 Å². The Hall–Kier alpha value is -0.820. The first kappa shape index (κ1) is 20.5. The summed E-state index contributed by atoms with van der Waals surface area (Å²) in [6, 6.07) is 4.06. The second-order valence-electron chi connectivity index (χ2n) is 8.90. The standard InChI is InChI=1S/C22H36N4OS/c1-18-3-6-23-22(13-18)27-21-14-20(15-21)17-24-7-4-19(5-8-24)16-25-9-11-26(28-2)12-10-25/h3,6,13,19-21H,4-5,7-12,14-17H2,1-2H3. The predicted molar refractivity (Wildman–Crippen MR) is 117 cm³/mol. The Labute approximate surface area is 174 Å². The Morgan fingerprint density at radius 1 is 1.00 bits per heavy atom. The molecular formula is C22H36N4OS. The van der Waals surface area contributed by atoms with Crippen LogP contribution in [0, 0.1) is 18.8 Å². The first-order valence-corrected chi connectivity index (χ1v) is 12.2. The molecule has 0 N–H and O–H groups in total. The van der Waals surface area contributed by atoms with E-state index in [1.165, 1.54) is 83.6 Å².